The van der Waals surface area contributed by atoms with Crippen molar-refractivity contribution in [2.75, 3.05) is 20.6 Å². The van der Waals surface area contributed by atoms with E-state index < -0.39 is 11.9 Å². The van der Waals surface area contributed by atoms with Crippen LogP contribution < -0.4 is 5.32 Å². The molecule has 148 valence electrons. The SMILES string of the molecule is CC(C)CCNC(=O)C1=CC2C(=O)N(C)C(=O)N(C)C2=[N+]1Cc1ccccc1. The number of imide groups is 1. The predicted octanol–water partition coefficient (Wildman–Crippen LogP) is 1.80. The summed E-state index contributed by atoms with van der Waals surface area (Å²) < 4.78 is 1.79. The molecule has 7 nitrogen and oxygen atoms in total. The minimum atomic E-state index is -0.637. The summed E-state index contributed by atoms with van der Waals surface area (Å²) in [5.41, 5.74) is 1.40. The third kappa shape index (κ3) is 3.69. The number of hydrogen-bond acceptors (Lipinski definition) is 3. The van der Waals surface area contributed by atoms with Gasteiger partial charge < -0.3 is 5.32 Å². The summed E-state index contributed by atoms with van der Waals surface area (Å²) in [5, 5.41) is 2.94. The molecular weight excluding hydrogens is 356 g/mol. The summed E-state index contributed by atoms with van der Waals surface area (Å²) >= 11 is 0. The maximum atomic E-state index is 12.9. The number of nitrogens with zero attached hydrogens (tertiary/aromatic N) is 3. The van der Waals surface area contributed by atoms with Gasteiger partial charge in [0.05, 0.1) is 7.05 Å². The van der Waals surface area contributed by atoms with Gasteiger partial charge >= 0.3 is 6.03 Å². The van der Waals surface area contributed by atoms with Gasteiger partial charge in [-0.3, -0.25) is 9.59 Å². The molecule has 3 rings (SSSR count). The van der Waals surface area contributed by atoms with E-state index in [1.165, 1.54) is 11.9 Å². The maximum absolute atomic E-state index is 12.9. The van der Waals surface area contributed by atoms with E-state index in [-0.39, 0.29) is 11.8 Å². The Labute approximate surface area is 165 Å². The Hall–Kier alpha value is -2.96. The molecule has 7 heteroatoms. The molecule has 0 spiro atoms. The number of rotatable bonds is 6. The van der Waals surface area contributed by atoms with Gasteiger partial charge in [-0.15, -0.1) is 0 Å². The van der Waals surface area contributed by atoms with Crippen molar-refractivity contribution in [1.82, 2.24) is 15.1 Å². The van der Waals surface area contributed by atoms with E-state index in [9.17, 15) is 14.4 Å². The third-order valence-corrected chi connectivity index (χ3v) is 5.11. The summed E-state index contributed by atoms with van der Waals surface area (Å²) in [4.78, 5) is 40.6. The lowest BCUT2D eigenvalue weighted by Crippen LogP contribution is -2.57. The second-order valence-electron chi connectivity index (χ2n) is 7.64. The van der Waals surface area contributed by atoms with Gasteiger partial charge in [0.2, 0.25) is 0 Å². The van der Waals surface area contributed by atoms with Gasteiger partial charge in [-0.05, 0) is 24.0 Å². The Morgan fingerprint density at radius 3 is 2.46 bits per heavy atom. The Kier molecular flexibility index (Phi) is 5.63. The van der Waals surface area contributed by atoms with E-state index in [1.54, 1.807) is 17.7 Å². The van der Waals surface area contributed by atoms with Crippen LogP contribution in [-0.2, 0) is 16.1 Å². The van der Waals surface area contributed by atoms with E-state index in [0.29, 0.717) is 30.5 Å². The third-order valence-electron chi connectivity index (χ3n) is 5.11. The monoisotopic (exact) mass is 383 g/mol. The molecule has 1 N–H and O–H groups in total. The highest BCUT2D eigenvalue weighted by Gasteiger charge is 2.51. The molecule has 1 saturated heterocycles. The highest BCUT2D eigenvalue weighted by atomic mass is 16.2. The minimum absolute atomic E-state index is 0.227. The zero-order valence-corrected chi connectivity index (χ0v) is 16.8. The molecule has 0 bridgehead atoms. The molecule has 28 heavy (non-hydrogen) atoms. The summed E-state index contributed by atoms with van der Waals surface area (Å²) in [6, 6.07) is 9.29. The lowest BCUT2D eigenvalue weighted by molar-refractivity contribution is -0.490. The van der Waals surface area contributed by atoms with Gasteiger partial charge in [-0.1, -0.05) is 44.2 Å². The molecule has 0 radical (unpaired) electrons. The average Bonchev–Trinajstić information content (AvgIpc) is 3.04. The summed E-state index contributed by atoms with van der Waals surface area (Å²) in [7, 11) is 3.10. The van der Waals surface area contributed by atoms with E-state index in [2.05, 4.69) is 19.2 Å². The van der Waals surface area contributed by atoms with Gasteiger partial charge in [0.1, 0.15) is 6.54 Å². The van der Waals surface area contributed by atoms with Gasteiger partial charge in [-0.25, -0.2) is 14.3 Å². The van der Waals surface area contributed by atoms with Crippen LogP contribution in [0.15, 0.2) is 42.1 Å². The number of benzene rings is 1. The van der Waals surface area contributed by atoms with Crippen molar-refractivity contribution in [1.29, 1.82) is 0 Å². The Morgan fingerprint density at radius 2 is 1.82 bits per heavy atom. The number of urea groups is 1. The molecule has 1 fully saturated rings. The molecule has 2 aliphatic heterocycles. The van der Waals surface area contributed by atoms with Crippen LogP contribution in [0.25, 0.3) is 0 Å². The van der Waals surface area contributed by atoms with E-state index in [4.69, 9.17) is 0 Å². The normalized spacial score (nSPS) is 19.3. The first-order valence-corrected chi connectivity index (χ1v) is 9.54. The number of carbonyl (C=O) groups excluding carboxylic acids is 3. The van der Waals surface area contributed by atoms with E-state index in [0.717, 1.165) is 16.9 Å². The highest BCUT2D eigenvalue weighted by molar-refractivity contribution is 6.19. The van der Waals surface area contributed by atoms with Gasteiger partial charge in [0, 0.05) is 13.6 Å². The van der Waals surface area contributed by atoms with Gasteiger partial charge in [0.25, 0.3) is 17.6 Å². The Morgan fingerprint density at radius 1 is 1.14 bits per heavy atom. The lowest BCUT2D eigenvalue weighted by Gasteiger charge is -2.27. The molecule has 0 saturated carbocycles. The van der Waals surface area contributed by atoms with Crippen molar-refractivity contribution in [2.24, 2.45) is 11.8 Å². The van der Waals surface area contributed by atoms with Crippen LogP contribution in [0.4, 0.5) is 4.79 Å². The standard InChI is InChI=1S/C21H26N4O3/c1-14(2)10-11-22-18(26)17-12-16-19(23(3)21(28)24(4)20(16)27)25(17)13-15-8-6-5-7-9-15/h5-9,12,14,16H,10-11,13H2,1-4H3/p+1. The molecule has 1 aromatic carbocycles. The number of carbonyl (C=O) groups is 3. The first-order chi connectivity index (χ1) is 13.3. The molecule has 0 aromatic heterocycles. The maximum Gasteiger partial charge on any atom is 0.417 e. The van der Waals surface area contributed by atoms with Crippen LogP contribution in [0.5, 0.6) is 0 Å². The Balaban J connectivity index is 1.97. The molecule has 2 heterocycles. The fourth-order valence-electron chi connectivity index (χ4n) is 3.51. The second-order valence-corrected chi connectivity index (χ2v) is 7.64. The zero-order valence-electron chi connectivity index (χ0n) is 16.8. The van der Waals surface area contributed by atoms with Crippen LogP contribution in [0.1, 0.15) is 25.8 Å². The first-order valence-electron chi connectivity index (χ1n) is 9.54. The molecule has 4 amide bonds. The smallest absolute Gasteiger partial charge is 0.349 e. The number of hydrogen-bond donors (Lipinski definition) is 1. The van der Waals surface area contributed by atoms with Crippen molar-refractivity contribution >= 4 is 23.7 Å². The fourth-order valence-corrected chi connectivity index (χ4v) is 3.51. The Bertz CT molecular complexity index is 858. The van der Waals surface area contributed by atoms with Crippen molar-refractivity contribution < 1.29 is 19.0 Å². The highest BCUT2D eigenvalue weighted by Crippen LogP contribution is 2.27. The van der Waals surface area contributed by atoms with Crippen LogP contribution in [-0.4, -0.2) is 58.7 Å². The molecule has 0 aliphatic carbocycles. The van der Waals surface area contributed by atoms with Crippen molar-refractivity contribution in [3.8, 4) is 0 Å². The zero-order chi connectivity index (χ0) is 20.4. The largest absolute Gasteiger partial charge is 0.417 e. The second kappa shape index (κ2) is 7.96. The summed E-state index contributed by atoms with van der Waals surface area (Å²) in [6.45, 7) is 5.17. The van der Waals surface area contributed by atoms with Crippen LogP contribution in [0.3, 0.4) is 0 Å². The summed E-state index contributed by atoms with van der Waals surface area (Å²) in [5.74, 6) is -0.168. The molecule has 1 unspecified atom stereocenters. The lowest BCUT2D eigenvalue weighted by atomic mass is 10.0. The average molecular weight is 383 g/mol. The number of nitrogens with one attached hydrogen (secondary N) is 1. The van der Waals surface area contributed by atoms with Crippen LogP contribution in [0, 0.1) is 11.8 Å². The fraction of sp³-hybridized carbons (Fsp3) is 0.429. The number of amides is 4. The van der Waals surface area contributed by atoms with E-state index >= 15 is 0 Å². The minimum Gasteiger partial charge on any atom is -0.349 e. The molecule has 1 aromatic rings. The van der Waals surface area contributed by atoms with Gasteiger partial charge in [0.15, 0.2) is 11.6 Å². The quantitative estimate of drug-likeness (QED) is 0.762. The predicted molar refractivity (Wildman–Crippen MR) is 105 cm³/mol. The van der Waals surface area contributed by atoms with E-state index in [1.807, 2.05) is 30.3 Å². The van der Waals surface area contributed by atoms with Crippen molar-refractivity contribution in [3.63, 3.8) is 0 Å². The van der Waals surface area contributed by atoms with Crippen molar-refractivity contribution in [2.45, 2.75) is 26.8 Å². The van der Waals surface area contributed by atoms with Gasteiger partial charge in [-0.2, -0.15) is 4.90 Å². The number of fused-ring (bicyclic) bond motifs is 1. The molecule has 1 atom stereocenters. The topological polar surface area (TPSA) is 72.7 Å². The van der Waals surface area contributed by atoms with Crippen LogP contribution >= 0.6 is 0 Å². The molecular formula is C21H27N4O3+. The van der Waals surface area contributed by atoms with Crippen molar-refractivity contribution in [3.05, 3.63) is 47.7 Å². The van der Waals surface area contributed by atoms with Crippen LogP contribution in [0.2, 0.25) is 0 Å². The number of amidine groups is 1. The molecule has 2 aliphatic rings. The summed E-state index contributed by atoms with van der Waals surface area (Å²) in [6.07, 6.45) is 2.54. The first kappa shape index (κ1) is 19.8.